The zero-order chi connectivity index (χ0) is 9.47. The first-order chi connectivity index (χ1) is 6.14. The molecule has 2 aliphatic rings. The summed E-state index contributed by atoms with van der Waals surface area (Å²) in [6.45, 7) is 4.84. The van der Waals surface area contributed by atoms with Crippen LogP contribution in [-0.2, 0) is 4.74 Å². The van der Waals surface area contributed by atoms with E-state index < -0.39 is 0 Å². The molecule has 2 atom stereocenters. The average Bonchev–Trinajstić information content (AvgIpc) is 2.40. The van der Waals surface area contributed by atoms with E-state index in [1.807, 2.05) is 0 Å². The summed E-state index contributed by atoms with van der Waals surface area (Å²) in [5.41, 5.74) is -0.00801. The molecule has 2 aliphatic heterocycles. The molecule has 0 bridgehead atoms. The molecule has 0 aliphatic carbocycles. The van der Waals surface area contributed by atoms with Crippen LogP contribution < -0.4 is 0 Å². The van der Waals surface area contributed by atoms with E-state index in [-0.39, 0.29) is 11.7 Å². The largest absolute Gasteiger partial charge is 0.390 e. The Morgan fingerprint density at radius 3 is 2.46 bits per heavy atom. The van der Waals surface area contributed by atoms with Crippen LogP contribution in [0.15, 0.2) is 0 Å². The molecule has 3 heteroatoms. The minimum absolute atomic E-state index is 0.00801. The molecule has 0 amide bonds. The molecular formula is C10H19NO2. The van der Waals surface area contributed by atoms with Crippen molar-refractivity contribution in [2.45, 2.75) is 31.5 Å². The Labute approximate surface area is 79.7 Å². The maximum Gasteiger partial charge on any atom is 0.0826 e. The van der Waals surface area contributed by atoms with Crippen molar-refractivity contribution in [1.82, 2.24) is 4.90 Å². The maximum absolute atomic E-state index is 9.64. The molecule has 2 rings (SSSR count). The van der Waals surface area contributed by atoms with Gasteiger partial charge in [0.25, 0.3) is 0 Å². The molecule has 13 heavy (non-hydrogen) atoms. The Bertz CT molecular complexity index is 187. The molecule has 3 nitrogen and oxygen atoms in total. The summed E-state index contributed by atoms with van der Waals surface area (Å²) in [5.74, 6) is 0.307. The van der Waals surface area contributed by atoms with Crippen LogP contribution in [0.4, 0.5) is 0 Å². The van der Waals surface area contributed by atoms with E-state index in [0.29, 0.717) is 12.5 Å². The molecule has 2 saturated heterocycles. The van der Waals surface area contributed by atoms with Gasteiger partial charge >= 0.3 is 0 Å². The van der Waals surface area contributed by atoms with Gasteiger partial charge in [0, 0.05) is 19.0 Å². The molecule has 0 radical (unpaired) electrons. The number of hydrogen-bond acceptors (Lipinski definition) is 3. The van der Waals surface area contributed by atoms with E-state index in [1.54, 1.807) is 0 Å². The molecule has 0 aromatic carbocycles. The van der Waals surface area contributed by atoms with Gasteiger partial charge in [-0.3, -0.25) is 0 Å². The van der Waals surface area contributed by atoms with E-state index in [0.717, 1.165) is 25.9 Å². The first-order valence-electron chi connectivity index (χ1n) is 5.15. The molecule has 0 aromatic rings. The summed E-state index contributed by atoms with van der Waals surface area (Å²) in [7, 11) is 2.14. The van der Waals surface area contributed by atoms with Gasteiger partial charge in [-0.05, 0) is 19.9 Å². The molecule has 2 heterocycles. The predicted molar refractivity (Wildman–Crippen MR) is 50.6 cm³/mol. The van der Waals surface area contributed by atoms with Gasteiger partial charge in [0.1, 0.15) is 0 Å². The molecular weight excluding hydrogens is 166 g/mol. The van der Waals surface area contributed by atoms with Crippen molar-refractivity contribution in [2.75, 3.05) is 26.7 Å². The highest BCUT2D eigenvalue weighted by atomic mass is 16.5. The topological polar surface area (TPSA) is 32.7 Å². The van der Waals surface area contributed by atoms with Crippen molar-refractivity contribution in [2.24, 2.45) is 5.92 Å². The third kappa shape index (κ3) is 1.49. The molecule has 2 fully saturated rings. The lowest BCUT2D eigenvalue weighted by molar-refractivity contribution is -0.0594. The predicted octanol–water partition coefficient (Wildman–Crippen LogP) is 0.478. The summed E-state index contributed by atoms with van der Waals surface area (Å²) in [6.07, 6.45) is 1.90. The minimum Gasteiger partial charge on any atom is -0.390 e. The number of aliphatic hydroxyl groups is 1. The fraction of sp³-hybridized carbons (Fsp3) is 1.00. The number of ether oxygens (including phenoxy) is 1. The fourth-order valence-electron chi connectivity index (χ4n) is 2.47. The van der Waals surface area contributed by atoms with Crippen LogP contribution in [0.25, 0.3) is 0 Å². The van der Waals surface area contributed by atoms with Crippen LogP contribution in [0.1, 0.15) is 19.8 Å². The van der Waals surface area contributed by atoms with Crippen LogP contribution in [0, 0.1) is 5.92 Å². The number of rotatable bonds is 0. The van der Waals surface area contributed by atoms with Gasteiger partial charge in [-0.1, -0.05) is 6.92 Å². The van der Waals surface area contributed by atoms with E-state index >= 15 is 0 Å². The number of likely N-dealkylation sites (tertiary alicyclic amines) is 1. The van der Waals surface area contributed by atoms with Crippen LogP contribution >= 0.6 is 0 Å². The number of piperidine rings is 1. The smallest absolute Gasteiger partial charge is 0.0826 e. The van der Waals surface area contributed by atoms with Gasteiger partial charge in [0.15, 0.2) is 0 Å². The zero-order valence-corrected chi connectivity index (χ0v) is 8.49. The van der Waals surface area contributed by atoms with Crippen molar-refractivity contribution in [3.63, 3.8) is 0 Å². The molecule has 0 saturated carbocycles. The highest BCUT2D eigenvalue weighted by Crippen LogP contribution is 2.39. The average molecular weight is 185 g/mol. The summed E-state index contributed by atoms with van der Waals surface area (Å²) in [5, 5.41) is 9.64. The Hall–Kier alpha value is -0.120. The molecule has 76 valence electrons. The van der Waals surface area contributed by atoms with Crippen LogP contribution in [0.2, 0.25) is 0 Å². The van der Waals surface area contributed by atoms with Gasteiger partial charge in [-0.2, -0.15) is 0 Å². The maximum atomic E-state index is 9.64. The minimum atomic E-state index is -0.247. The van der Waals surface area contributed by atoms with Crippen LogP contribution in [0.3, 0.4) is 0 Å². The highest BCUT2D eigenvalue weighted by Gasteiger charge is 2.47. The molecule has 0 aromatic heterocycles. The number of hydrogen-bond donors (Lipinski definition) is 1. The molecule has 1 spiro atoms. The van der Waals surface area contributed by atoms with Gasteiger partial charge in [0.05, 0.1) is 18.3 Å². The van der Waals surface area contributed by atoms with Crippen molar-refractivity contribution in [3.05, 3.63) is 0 Å². The lowest BCUT2D eigenvalue weighted by Gasteiger charge is -2.40. The van der Waals surface area contributed by atoms with Crippen LogP contribution in [-0.4, -0.2) is 48.5 Å². The van der Waals surface area contributed by atoms with E-state index in [2.05, 4.69) is 18.9 Å². The van der Waals surface area contributed by atoms with Crippen molar-refractivity contribution in [1.29, 1.82) is 0 Å². The van der Waals surface area contributed by atoms with Gasteiger partial charge in [-0.25, -0.2) is 0 Å². The number of nitrogens with zero attached hydrogens (tertiary/aromatic N) is 1. The van der Waals surface area contributed by atoms with Crippen molar-refractivity contribution >= 4 is 0 Å². The summed E-state index contributed by atoms with van der Waals surface area (Å²) >= 11 is 0. The summed E-state index contributed by atoms with van der Waals surface area (Å²) in [6, 6.07) is 0. The first kappa shape index (κ1) is 9.44. The third-order valence-electron chi connectivity index (χ3n) is 3.78. The van der Waals surface area contributed by atoms with E-state index in [9.17, 15) is 5.11 Å². The second kappa shape index (κ2) is 3.23. The third-order valence-corrected chi connectivity index (χ3v) is 3.78. The molecule has 2 unspecified atom stereocenters. The van der Waals surface area contributed by atoms with E-state index in [1.165, 1.54) is 0 Å². The second-order valence-corrected chi connectivity index (χ2v) is 4.54. The Morgan fingerprint density at radius 2 is 2.00 bits per heavy atom. The van der Waals surface area contributed by atoms with Gasteiger partial charge in [0.2, 0.25) is 0 Å². The normalized spacial score (nSPS) is 39.9. The Morgan fingerprint density at radius 1 is 1.38 bits per heavy atom. The zero-order valence-electron chi connectivity index (χ0n) is 8.49. The van der Waals surface area contributed by atoms with Gasteiger partial charge in [-0.15, -0.1) is 0 Å². The summed E-state index contributed by atoms with van der Waals surface area (Å²) < 4.78 is 5.78. The van der Waals surface area contributed by atoms with E-state index in [4.69, 9.17) is 4.74 Å². The Kier molecular flexibility index (Phi) is 2.34. The van der Waals surface area contributed by atoms with Crippen molar-refractivity contribution < 1.29 is 9.84 Å². The number of aliphatic hydroxyl groups excluding tert-OH is 1. The fourth-order valence-corrected chi connectivity index (χ4v) is 2.47. The van der Waals surface area contributed by atoms with Gasteiger partial charge < -0.3 is 14.7 Å². The highest BCUT2D eigenvalue weighted by molar-refractivity contribution is 4.98. The first-order valence-corrected chi connectivity index (χ1v) is 5.15. The quantitative estimate of drug-likeness (QED) is 0.596. The SMILES string of the molecule is CC1C(O)COC12CCN(C)CC2. The summed E-state index contributed by atoms with van der Waals surface area (Å²) in [4.78, 5) is 2.33. The van der Waals surface area contributed by atoms with Crippen molar-refractivity contribution in [3.8, 4) is 0 Å². The lowest BCUT2D eigenvalue weighted by atomic mass is 9.80. The van der Waals surface area contributed by atoms with Crippen LogP contribution in [0.5, 0.6) is 0 Å². The standard InChI is InChI=1S/C10H19NO2/c1-8-9(12)7-13-10(8)3-5-11(2)6-4-10/h8-9,12H,3-7H2,1-2H3. The molecule has 1 N–H and O–H groups in total. The monoisotopic (exact) mass is 185 g/mol. The lowest BCUT2D eigenvalue weighted by Crippen LogP contribution is -2.46. The Balaban J connectivity index is 2.05. The second-order valence-electron chi connectivity index (χ2n) is 4.54.